The van der Waals surface area contributed by atoms with Gasteiger partial charge in [0.15, 0.2) is 0 Å². The fraction of sp³-hybridized carbons (Fsp3) is 0.250. The van der Waals surface area contributed by atoms with Gasteiger partial charge >= 0.3 is 0 Å². The smallest absolute Gasteiger partial charge is 0.253 e. The average Bonchev–Trinajstić information content (AvgIpc) is 2.70. The van der Waals surface area contributed by atoms with Crippen LogP contribution in [-0.4, -0.2) is 35.0 Å². The van der Waals surface area contributed by atoms with Crippen molar-refractivity contribution in [2.45, 2.75) is 18.9 Å². The number of nitrogens with one attached hydrogen (secondary N) is 1. The second-order valence-electron chi connectivity index (χ2n) is 6.69. The third-order valence-corrected chi connectivity index (χ3v) is 5.72. The molecule has 1 aliphatic rings. The molecule has 0 spiro atoms. The Balaban J connectivity index is 1.44. The summed E-state index contributed by atoms with van der Waals surface area (Å²) in [6.45, 7) is 1.44. The number of aromatic nitrogens is 2. The molecule has 144 valence electrons. The van der Waals surface area contributed by atoms with Crippen LogP contribution >= 0.6 is 23.2 Å². The summed E-state index contributed by atoms with van der Waals surface area (Å²) in [5.74, 6) is 0.236. The number of hydrogen-bond acceptors (Lipinski definition) is 4. The van der Waals surface area contributed by atoms with E-state index in [1.54, 1.807) is 24.3 Å². The molecule has 0 aliphatic carbocycles. The largest absolute Gasteiger partial charge is 0.356 e. The number of amides is 1. The van der Waals surface area contributed by atoms with Crippen LogP contribution in [0.15, 0.2) is 42.7 Å². The Kier molecular flexibility index (Phi) is 5.33. The highest BCUT2D eigenvalue weighted by Crippen LogP contribution is 2.28. The number of benzene rings is 2. The number of piperidine rings is 1. The monoisotopic (exact) mass is 418 g/mol. The van der Waals surface area contributed by atoms with E-state index in [-0.39, 0.29) is 22.8 Å². The van der Waals surface area contributed by atoms with E-state index in [9.17, 15) is 9.18 Å². The molecule has 3 aromatic rings. The van der Waals surface area contributed by atoms with Gasteiger partial charge in [0.1, 0.15) is 18.0 Å². The zero-order valence-electron chi connectivity index (χ0n) is 14.8. The average molecular weight is 419 g/mol. The van der Waals surface area contributed by atoms with Crippen LogP contribution in [0.1, 0.15) is 23.2 Å². The molecule has 1 fully saturated rings. The van der Waals surface area contributed by atoms with E-state index in [0.717, 1.165) is 37.1 Å². The molecule has 28 heavy (non-hydrogen) atoms. The molecule has 1 aromatic heterocycles. The Bertz CT molecular complexity index is 1040. The number of nitrogens with zero attached hydrogens (tertiary/aromatic N) is 3. The minimum atomic E-state index is -0.321. The molecule has 4 rings (SSSR count). The topological polar surface area (TPSA) is 58.1 Å². The van der Waals surface area contributed by atoms with Crippen molar-refractivity contribution in [2.75, 3.05) is 18.0 Å². The van der Waals surface area contributed by atoms with Crippen LogP contribution in [-0.2, 0) is 0 Å². The summed E-state index contributed by atoms with van der Waals surface area (Å²) in [6.07, 6.45) is 2.97. The summed E-state index contributed by atoms with van der Waals surface area (Å²) >= 11 is 12.1. The second kappa shape index (κ2) is 7.89. The molecule has 0 atom stereocenters. The second-order valence-corrected chi connectivity index (χ2v) is 7.48. The summed E-state index contributed by atoms with van der Waals surface area (Å²) in [6, 6.07) is 9.56. The first-order valence-corrected chi connectivity index (χ1v) is 9.68. The van der Waals surface area contributed by atoms with Gasteiger partial charge in [0.2, 0.25) is 0 Å². The fourth-order valence-corrected chi connectivity index (χ4v) is 3.83. The Morgan fingerprint density at radius 2 is 1.93 bits per heavy atom. The van der Waals surface area contributed by atoms with Crippen LogP contribution in [0.4, 0.5) is 10.2 Å². The van der Waals surface area contributed by atoms with Gasteiger partial charge in [-0.15, -0.1) is 0 Å². The van der Waals surface area contributed by atoms with Crippen LogP contribution in [0.3, 0.4) is 0 Å². The maximum absolute atomic E-state index is 13.4. The molecule has 1 amide bonds. The van der Waals surface area contributed by atoms with E-state index in [4.69, 9.17) is 23.2 Å². The lowest BCUT2D eigenvalue weighted by atomic mass is 10.0. The predicted molar refractivity (Wildman–Crippen MR) is 109 cm³/mol. The zero-order chi connectivity index (χ0) is 19.7. The van der Waals surface area contributed by atoms with Gasteiger partial charge in [-0.1, -0.05) is 29.3 Å². The van der Waals surface area contributed by atoms with Crippen molar-refractivity contribution in [2.24, 2.45) is 0 Å². The van der Waals surface area contributed by atoms with Crippen molar-refractivity contribution in [3.05, 3.63) is 64.2 Å². The van der Waals surface area contributed by atoms with E-state index >= 15 is 0 Å². The van der Waals surface area contributed by atoms with Gasteiger partial charge in [0.25, 0.3) is 5.91 Å². The molecule has 8 heteroatoms. The van der Waals surface area contributed by atoms with Gasteiger partial charge in [-0.2, -0.15) is 0 Å². The lowest BCUT2D eigenvalue weighted by molar-refractivity contribution is 0.0931. The van der Waals surface area contributed by atoms with Crippen molar-refractivity contribution in [3.63, 3.8) is 0 Å². The Labute approximate surface area is 171 Å². The van der Waals surface area contributed by atoms with Crippen LogP contribution in [0.2, 0.25) is 10.0 Å². The number of anilines is 1. The Hall–Kier alpha value is -2.44. The standard InChI is InChI=1S/C20H17Cl2FN4O/c21-16-3-1-2-15(18(16)22)20(28)26-13-6-8-27(9-7-13)19-14-5-4-12(23)10-17(14)24-11-25-19/h1-5,10-11,13H,6-9H2,(H,26,28). The first-order chi connectivity index (χ1) is 13.5. The van der Waals surface area contributed by atoms with Crippen molar-refractivity contribution >= 4 is 45.8 Å². The highest BCUT2D eigenvalue weighted by atomic mass is 35.5. The summed E-state index contributed by atoms with van der Waals surface area (Å²) in [4.78, 5) is 23.2. The van der Waals surface area contributed by atoms with Gasteiger partial charge in [-0.3, -0.25) is 4.79 Å². The van der Waals surface area contributed by atoms with Gasteiger partial charge in [-0.05, 0) is 37.1 Å². The van der Waals surface area contributed by atoms with Crippen LogP contribution in [0.5, 0.6) is 0 Å². The fourth-order valence-electron chi connectivity index (χ4n) is 3.45. The summed E-state index contributed by atoms with van der Waals surface area (Å²) in [7, 11) is 0. The van der Waals surface area contributed by atoms with Gasteiger partial charge in [0, 0.05) is 30.6 Å². The molecular formula is C20H17Cl2FN4O. The first-order valence-electron chi connectivity index (χ1n) is 8.93. The maximum atomic E-state index is 13.4. The molecule has 0 bridgehead atoms. The van der Waals surface area contributed by atoms with Crippen molar-refractivity contribution in [1.29, 1.82) is 0 Å². The molecule has 1 N–H and O–H groups in total. The van der Waals surface area contributed by atoms with Crippen molar-refractivity contribution < 1.29 is 9.18 Å². The number of fused-ring (bicyclic) bond motifs is 1. The Morgan fingerprint density at radius 1 is 1.14 bits per heavy atom. The normalized spacial score (nSPS) is 15.0. The minimum Gasteiger partial charge on any atom is -0.356 e. The minimum absolute atomic E-state index is 0.0318. The quantitative estimate of drug-likeness (QED) is 0.681. The first kappa shape index (κ1) is 18.9. The van der Waals surface area contributed by atoms with E-state index in [0.29, 0.717) is 16.1 Å². The van der Waals surface area contributed by atoms with E-state index in [1.165, 1.54) is 18.5 Å². The van der Waals surface area contributed by atoms with Crippen LogP contribution < -0.4 is 10.2 Å². The number of hydrogen-bond donors (Lipinski definition) is 1. The molecule has 0 radical (unpaired) electrons. The number of carbonyl (C=O) groups is 1. The lowest BCUT2D eigenvalue weighted by Crippen LogP contribution is -2.45. The van der Waals surface area contributed by atoms with E-state index in [1.807, 2.05) is 0 Å². The summed E-state index contributed by atoms with van der Waals surface area (Å²) < 4.78 is 13.4. The maximum Gasteiger partial charge on any atom is 0.253 e. The molecule has 2 aromatic carbocycles. The molecule has 1 aliphatic heterocycles. The summed E-state index contributed by atoms with van der Waals surface area (Å²) in [5.41, 5.74) is 0.955. The van der Waals surface area contributed by atoms with Crippen molar-refractivity contribution in [1.82, 2.24) is 15.3 Å². The van der Waals surface area contributed by atoms with Crippen molar-refractivity contribution in [3.8, 4) is 0 Å². The third kappa shape index (κ3) is 3.75. The summed E-state index contributed by atoms with van der Waals surface area (Å²) in [5, 5.41) is 4.47. The molecule has 1 saturated heterocycles. The van der Waals surface area contributed by atoms with Gasteiger partial charge in [0.05, 0.1) is 21.1 Å². The highest BCUT2D eigenvalue weighted by molar-refractivity contribution is 6.43. The zero-order valence-corrected chi connectivity index (χ0v) is 16.3. The molecular weight excluding hydrogens is 402 g/mol. The van der Waals surface area contributed by atoms with E-state index < -0.39 is 0 Å². The van der Waals surface area contributed by atoms with Gasteiger partial charge in [-0.25, -0.2) is 14.4 Å². The van der Waals surface area contributed by atoms with Crippen LogP contribution in [0, 0.1) is 5.82 Å². The number of halogens is 3. The third-order valence-electron chi connectivity index (χ3n) is 4.90. The van der Waals surface area contributed by atoms with Gasteiger partial charge < -0.3 is 10.2 Å². The lowest BCUT2D eigenvalue weighted by Gasteiger charge is -2.33. The Morgan fingerprint density at radius 3 is 2.71 bits per heavy atom. The molecule has 0 unspecified atom stereocenters. The predicted octanol–water partition coefficient (Wildman–Crippen LogP) is 4.47. The number of carbonyl (C=O) groups excluding carboxylic acids is 1. The molecule has 0 saturated carbocycles. The molecule has 2 heterocycles. The molecule has 5 nitrogen and oxygen atoms in total. The van der Waals surface area contributed by atoms with E-state index in [2.05, 4.69) is 20.2 Å². The highest BCUT2D eigenvalue weighted by Gasteiger charge is 2.24. The SMILES string of the molecule is O=C(NC1CCN(c2ncnc3cc(F)ccc23)CC1)c1cccc(Cl)c1Cl. The number of rotatable bonds is 3. The van der Waals surface area contributed by atoms with Crippen LogP contribution in [0.25, 0.3) is 10.9 Å².